The van der Waals surface area contributed by atoms with Crippen molar-refractivity contribution in [3.63, 3.8) is 0 Å². The fraction of sp³-hybridized carbons (Fsp3) is 0.312. The van der Waals surface area contributed by atoms with E-state index in [1.54, 1.807) is 0 Å². The maximum Gasteiger partial charge on any atom is 0.280 e. The Morgan fingerprint density at radius 3 is 2.41 bits per heavy atom. The topological polar surface area (TPSA) is 45.1 Å². The number of nitrogens with zero attached hydrogens (tertiary/aromatic N) is 3. The number of benzene rings is 3. The molecule has 0 aromatic heterocycles. The van der Waals surface area contributed by atoms with Crippen molar-refractivity contribution >= 4 is 29.1 Å². The molecule has 0 radical (unpaired) electrons. The maximum absolute atomic E-state index is 13.2. The summed E-state index contributed by atoms with van der Waals surface area (Å²) in [4.78, 5) is 15.5. The molecule has 3 aromatic rings. The van der Waals surface area contributed by atoms with Crippen molar-refractivity contribution in [3.05, 3.63) is 94.6 Å². The van der Waals surface area contributed by atoms with E-state index in [9.17, 15) is 4.79 Å². The van der Waals surface area contributed by atoms with Crippen molar-refractivity contribution in [3.8, 4) is 5.75 Å². The molecule has 1 amide bonds. The Morgan fingerprint density at radius 2 is 1.73 bits per heavy atom. The molecule has 0 saturated carbocycles. The summed E-state index contributed by atoms with van der Waals surface area (Å²) in [5, 5.41) is 6.01. The summed E-state index contributed by atoms with van der Waals surface area (Å²) < 4.78 is 6.17. The van der Waals surface area contributed by atoms with Gasteiger partial charge >= 0.3 is 0 Å². The fourth-order valence-corrected chi connectivity index (χ4v) is 4.54. The largest absolute Gasteiger partial charge is 0.491 e. The number of anilines is 2. The zero-order valence-electron chi connectivity index (χ0n) is 22.8. The molecular formula is C32H37N3O2. The zero-order chi connectivity index (χ0) is 26.5. The highest BCUT2D eigenvalue weighted by Crippen LogP contribution is 2.28. The summed E-state index contributed by atoms with van der Waals surface area (Å²) in [7, 11) is 0. The zero-order valence-corrected chi connectivity index (χ0v) is 22.8. The third-order valence-electron chi connectivity index (χ3n) is 6.80. The first-order valence-corrected chi connectivity index (χ1v) is 13.0. The lowest BCUT2D eigenvalue weighted by Gasteiger charge is -2.24. The molecule has 0 aliphatic carbocycles. The molecule has 3 aromatic carbocycles. The van der Waals surface area contributed by atoms with Gasteiger partial charge in [-0.05, 0) is 86.7 Å². The Hall–Kier alpha value is -3.86. The van der Waals surface area contributed by atoms with Gasteiger partial charge in [-0.15, -0.1) is 0 Å². The minimum absolute atomic E-state index is 0.0983. The monoisotopic (exact) mass is 495 g/mol. The number of hydrogen-bond acceptors (Lipinski definition) is 4. The second kappa shape index (κ2) is 11.5. The van der Waals surface area contributed by atoms with Gasteiger partial charge in [-0.3, -0.25) is 4.79 Å². The molecule has 0 fully saturated rings. The predicted molar refractivity (Wildman–Crippen MR) is 155 cm³/mol. The highest BCUT2D eigenvalue weighted by Gasteiger charge is 2.28. The van der Waals surface area contributed by atoms with Crippen LogP contribution in [0.2, 0.25) is 0 Å². The van der Waals surface area contributed by atoms with E-state index in [-0.39, 0.29) is 5.91 Å². The number of ether oxygens (including phenoxy) is 1. The van der Waals surface area contributed by atoms with E-state index >= 15 is 0 Å². The Labute approximate surface area is 221 Å². The van der Waals surface area contributed by atoms with Gasteiger partial charge in [0.15, 0.2) is 0 Å². The van der Waals surface area contributed by atoms with Crippen molar-refractivity contribution in [1.82, 2.24) is 0 Å². The molecule has 5 nitrogen and oxygen atoms in total. The first-order chi connectivity index (χ1) is 17.8. The van der Waals surface area contributed by atoms with Gasteiger partial charge in [0.2, 0.25) is 0 Å². The molecule has 0 unspecified atom stereocenters. The number of carbonyl (C=O) groups is 1. The van der Waals surface area contributed by atoms with Crippen LogP contribution < -0.4 is 14.6 Å². The molecule has 192 valence electrons. The summed E-state index contributed by atoms with van der Waals surface area (Å²) in [6.07, 6.45) is 1.96. The Kier molecular flexibility index (Phi) is 8.12. The Bertz CT molecular complexity index is 1320. The Morgan fingerprint density at radius 1 is 1.00 bits per heavy atom. The van der Waals surface area contributed by atoms with Crippen LogP contribution in [0.5, 0.6) is 5.75 Å². The van der Waals surface area contributed by atoms with E-state index in [0.717, 1.165) is 52.6 Å². The van der Waals surface area contributed by atoms with Gasteiger partial charge in [0.05, 0.1) is 23.5 Å². The number of rotatable bonds is 9. The second-order valence-corrected chi connectivity index (χ2v) is 9.86. The van der Waals surface area contributed by atoms with E-state index in [4.69, 9.17) is 4.74 Å². The third kappa shape index (κ3) is 5.93. The molecule has 0 saturated heterocycles. The molecule has 37 heavy (non-hydrogen) atoms. The fourth-order valence-electron chi connectivity index (χ4n) is 4.54. The number of para-hydroxylation sites is 1. The summed E-state index contributed by atoms with van der Waals surface area (Å²) in [5.74, 6) is 1.29. The molecule has 0 N–H and O–H groups in total. The average molecular weight is 496 g/mol. The summed E-state index contributed by atoms with van der Waals surface area (Å²) in [5.41, 5.74) is 7.80. The normalized spacial score (nSPS) is 14.5. The number of amides is 1. The molecule has 5 heteroatoms. The van der Waals surface area contributed by atoms with Crippen LogP contribution in [0.15, 0.2) is 77.4 Å². The van der Waals surface area contributed by atoms with Crippen LogP contribution in [-0.2, 0) is 4.79 Å². The smallest absolute Gasteiger partial charge is 0.280 e. The van der Waals surface area contributed by atoms with Crippen LogP contribution in [0.3, 0.4) is 0 Å². The van der Waals surface area contributed by atoms with E-state index < -0.39 is 0 Å². The summed E-state index contributed by atoms with van der Waals surface area (Å²) in [6.45, 7) is 14.8. The molecule has 0 bridgehead atoms. The van der Waals surface area contributed by atoms with Crippen molar-refractivity contribution in [1.29, 1.82) is 0 Å². The van der Waals surface area contributed by atoms with Crippen molar-refractivity contribution < 1.29 is 9.53 Å². The molecule has 1 aliphatic heterocycles. The molecule has 4 rings (SSSR count). The van der Waals surface area contributed by atoms with Crippen LogP contribution in [0.1, 0.15) is 55.9 Å². The van der Waals surface area contributed by atoms with Crippen LogP contribution in [0.4, 0.5) is 11.4 Å². The van der Waals surface area contributed by atoms with Gasteiger partial charge in [-0.2, -0.15) is 10.1 Å². The molecule has 1 heterocycles. The number of hydrazone groups is 1. The quantitative estimate of drug-likeness (QED) is 0.296. The minimum atomic E-state index is -0.0983. The van der Waals surface area contributed by atoms with Crippen LogP contribution in [0.25, 0.3) is 6.08 Å². The predicted octanol–water partition coefficient (Wildman–Crippen LogP) is 7.14. The van der Waals surface area contributed by atoms with Crippen LogP contribution in [-0.4, -0.2) is 31.3 Å². The number of likely N-dealkylation sites (N-methyl/N-ethyl adjacent to an activating group) is 1. The average Bonchev–Trinajstić information content (AvgIpc) is 3.16. The highest BCUT2D eigenvalue weighted by atomic mass is 16.5. The van der Waals surface area contributed by atoms with Gasteiger partial charge in [0, 0.05) is 12.2 Å². The molecule has 0 spiro atoms. The SMILES string of the molecule is CCN(CCOc1ccccc1C(C)C)c1ccc(/C=C2/C(=O)N(c3ccc(C)cc3)N=C2C)c(C)c1. The second-order valence-electron chi connectivity index (χ2n) is 9.86. The van der Waals surface area contributed by atoms with Crippen molar-refractivity contribution in [2.24, 2.45) is 5.10 Å². The lowest BCUT2D eigenvalue weighted by Crippen LogP contribution is -2.28. The number of hydrogen-bond donors (Lipinski definition) is 0. The van der Waals surface area contributed by atoms with E-state index in [2.05, 4.69) is 68.0 Å². The van der Waals surface area contributed by atoms with Crippen molar-refractivity contribution in [2.75, 3.05) is 29.6 Å². The summed E-state index contributed by atoms with van der Waals surface area (Å²) >= 11 is 0. The number of carbonyl (C=O) groups excluding carboxylic acids is 1. The van der Waals surface area contributed by atoms with E-state index in [1.165, 1.54) is 10.6 Å². The van der Waals surface area contributed by atoms with Crippen LogP contribution >= 0.6 is 0 Å². The molecule has 0 atom stereocenters. The lowest BCUT2D eigenvalue weighted by molar-refractivity contribution is -0.114. The number of aryl methyl sites for hydroxylation is 2. The van der Waals surface area contributed by atoms with E-state index in [0.29, 0.717) is 18.1 Å². The molecular weight excluding hydrogens is 458 g/mol. The van der Waals surface area contributed by atoms with Gasteiger partial charge in [0.25, 0.3) is 5.91 Å². The minimum Gasteiger partial charge on any atom is -0.491 e. The van der Waals surface area contributed by atoms with E-state index in [1.807, 2.05) is 56.3 Å². The first-order valence-electron chi connectivity index (χ1n) is 13.0. The van der Waals surface area contributed by atoms with Gasteiger partial charge in [0.1, 0.15) is 12.4 Å². The molecule has 1 aliphatic rings. The summed E-state index contributed by atoms with van der Waals surface area (Å²) in [6, 6.07) is 22.5. The Balaban J connectivity index is 1.46. The van der Waals surface area contributed by atoms with Crippen molar-refractivity contribution in [2.45, 2.75) is 47.5 Å². The van der Waals surface area contributed by atoms with Gasteiger partial charge in [-0.25, -0.2) is 0 Å². The van der Waals surface area contributed by atoms with Gasteiger partial charge in [-0.1, -0.05) is 55.8 Å². The lowest BCUT2D eigenvalue weighted by atomic mass is 10.0. The highest BCUT2D eigenvalue weighted by molar-refractivity contribution is 6.32. The van der Waals surface area contributed by atoms with Crippen LogP contribution in [0, 0.1) is 13.8 Å². The third-order valence-corrected chi connectivity index (χ3v) is 6.80. The standard InChI is InChI=1S/C32H37N3O2/c1-7-34(18-19-37-31-11-9-8-10-29(31)22(2)3)28-17-14-26(24(5)20-28)21-30-25(6)33-35(32(30)36)27-15-12-23(4)13-16-27/h8-17,20-22H,7,18-19H2,1-6H3/b30-21+. The maximum atomic E-state index is 13.2. The van der Waals surface area contributed by atoms with Gasteiger partial charge < -0.3 is 9.64 Å². The first kappa shape index (κ1) is 26.2.